The molecular weight excluding hydrogens is 226 g/mol. The van der Waals surface area contributed by atoms with Crippen molar-refractivity contribution in [3.8, 4) is 0 Å². The van der Waals surface area contributed by atoms with Crippen LogP contribution in [0.3, 0.4) is 0 Å². The summed E-state index contributed by atoms with van der Waals surface area (Å²) < 4.78 is 5.20. The number of rotatable bonds is 4. The Morgan fingerprint density at radius 2 is 1.94 bits per heavy atom. The summed E-state index contributed by atoms with van der Waals surface area (Å²) in [6, 6.07) is 6.07. The van der Waals surface area contributed by atoms with Crippen molar-refractivity contribution in [2.45, 2.75) is 46.1 Å². The zero-order valence-corrected chi connectivity index (χ0v) is 12.1. The molecule has 0 aliphatic rings. The fourth-order valence-electron chi connectivity index (χ4n) is 1.70. The van der Waals surface area contributed by atoms with Gasteiger partial charge in [0, 0.05) is 12.8 Å². The lowest BCUT2D eigenvalue weighted by molar-refractivity contribution is -0.133. The highest BCUT2D eigenvalue weighted by Gasteiger charge is 2.28. The smallest absolute Gasteiger partial charge is 0.256 e. The van der Waals surface area contributed by atoms with E-state index in [0.717, 1.165) is 16.8 Å². The summed E-state index contributed by atoms with van der Waals surface area (Å²) in [4.78, 5) is 12.2. The molecule has 1 rings (SSSR count). The summed E-state index contributed by atoms with van der Waals surface area (Å²) in [5.74, 6) is 0.243. The molecule has 1 N–H and O–H groups in total. The predicted octanol–water partition coefficient (Wildman–Crippen LogP) is 3.48. The fraction of sp³-hybridized carbons (Fsp3) is 0.533. The van der Waals surface area contributed by atoms with E-state index in [9.17, 15) is 4.79 Å². The van der Waals surface area contributed by atoms with Crippen molar-refractivity contribution in [3.05, 3.63) is 29.3 Å². The summed E-state index contributed by atoms with van der Waals surface area (Å²) in [7, 11) is 1.54. The van der Waals surface area contributed by atoms with Gasteiger partial charge in [0.25, 0.3) is 5.91 Å². The molecule has 0 spiro atoms. The molecule has 0 heterocycles. The van der Waals surface area contributed by atoms with Crippen LogP contribution in [0, 0.1) is 6.92 Å². The maximum absolute atomic E-state index is 12.2. The molecule has 1 amide bonds. The van der Waals surface area contributed by atoms with Crippen molar-refractivity contribution >= 4 is 11.6 Å². The molecule has 0 fully saturated rings. The van der Waals surface area contributed by atoms with E-state index in [1.54, 1.807) is 21.0 Å². The van der Waals surface area contributed by atoms with Gasteiger partial charge in [-0.25, -0.2) is 0 Å². The molecule has 0 bridgehead atoms. The van der Waals surface area contributed by atoms with Crippen molar-refractivity contribution in [2.24, 2.45) is 0 Å². The van der Waals surface area contributed by atoms with Gasteiger partial charge in [-0.1, -0.05) is 32.0 Å². The molecule has 0 aliphatic carbocycles. The molecule has 100 valence electrons. The third-order valence-electron chi connectivity index (χ3n) is 3.22. The minimum atomic E-state index is -0.823. The van der Waals surface area contributed by atoms with Gasteiger partial charge in [0.05, 0.1) is 0 Å². The summed E-state index contributed by atoms with van der Waals surface area (Å²) in [6.45, 7) is 9.75. The van der Waals surface area contributed by atoms with Crippen LogP contribution in [-0.2, 0) is 9.53 Å². The van der Waals surface area contributed by atoms with E-state index < -0.39 is 5.60 Å². The van der Waals surface area contributed by atoms with Crippen molar-refractivity contribution in [3.63, 3.8) is 0 Å². The van der Waals surface area contributed by atoms with Gasteiger partial charge in [-0.3, -0.25) is 4.79 Å². The summed E-state index contributed by atoms with van der Waals surface area (Å²) in [5, 5.41) is 2.99. The third-order valence-corrected chi connectivity index (χ3v) is 3.22. The number of para-hydroxylation sites is 1. The van der Waals surface area contributed by atoms with Crippen molar-refractivity contribution in [1.29, 1.82) is 0 Å². The first-order valence-electron chi connectivity index (χ1n) is 6.25. The van der Waals surface area contributed by atoms with Crippen LogP contribution in [0.5, 0.6) is 0 Å². The lowest BCUT2D eigenvalue weighted by Gasteiger charge is -2.24. The number of hydrogen-bond donors (Lipinski definition) is 1. The van der Waals surface area contributed by atoms with Crippen molar-refractivity contribution < 1.29 is 9.53 Å². The molecule has 0 saturated heterocycles. The second kappa shape index (κ2) is 5.53. The number of anilines is 1. The van der Waals surface area contributed by atoms with Gasteiger partial charge < -0.3 is 10.1 Å². The number of amides is 1. The quantitative estimate of drug-likeness (QED) is 0.887. The van der Waals surface area contributed by atoms with Gasteiger partial charge in [-0.2, -0.15) is 0 Å². The van der Waals surface area contributed by atoms with Gasteiger partial charge >= 0.3 is 0 Å². The second-order valence-electron chi connectivity index (χ2n) is 5.36. The van der Waals surface area contributed by atoms with Crippen molar-refractivity contribution in [1.82, 2.24) is 0 Å². The first-order chi connectivity index (χ1) is 8.29. The molecule has 3 nitrogen and oxygen atoms in total. The van der Waals surface area contributed by atoms with E-state index >= 15 is 0 Å². The van der Waals surface area contributed by atoms with Crippen LogP contribution >= 0.6 is 0 Å². The van der Waals surface area contributed by atoms with Gasteiger partial charge in [-0.05, 0) is 37.8 Å². The number of nitrogens with one attached hydrogen (secondary N) is 1. The molecule has 3 heteroatoms. The van der Waals surface area contributed by atoms with E-state index in [4.69, 9.17) is 4.74 Å². The zero-order valence-electron chi connectivity index (χ0n) is 12.1. The number of methoxy groups -OCH3 is 1. The molecule has 0 saturated carbocycles. The maximum Gasteiger partial charge on any atom is 0.256 e. The summed E-state index contributed by atoms with van der Waals surface area (Å²) in [5.41, 5.74) is 2.30. The molecule has 1 aromatic rings. The Balaban J connectivity index is 3.08. The van der Waals surface area contributed by atoms with E-state index in [1.807, 2.05) is 25.1 Å². The molecule has 0 atom stereocenters. The maximum atomic E-state index is 12.2. The monoisotopic (exact) mass is 249 g/mol. The normalized spacial score (nSPS) is 11.7. The summed E-state index contributed by atoms with van der Waals surface area (Å²) in [6.07, 6.45) is 0. The number of ether oxygens (including phenoxy) is 1. The highest BCUT2D eigenvalue weighted by molar-refractivity contribution is 5.98. The minimum absolute atomic E-state index is 0.124. The molecule has 0 unspecified atom stereocenters. The van der Waals surface area contributed by atoms with Crippen LogP contribution in [0.2, 0.25) is 0 Å². The number of carbonyl (C=O) groups excluding carboxylic acids is 1. The number of carbonyl (C=O) groups is 1. The minimum Gasteiger partial charge on any atom is -0.369 e. The lowest BCUT2D eigenvalue weighted by atomic mass is 9.97. The van der Waals surface area contributed by atoms with E-state index in [1.165, 1.54) is 0 Å². The zero-order chi connectivity index (χ0) is 13.9. The lowest BCUT2D eigenvalue weighted by Crippen LogP contribution is -2.39. The van der Waals surface area contributed by atoms with E-state index in [0.29, 0.717) is 5.92 Å². The van der Waals surface area contributed by atoms with Crippen LogP contribution in [-0.4, -0.2) is 18.6 Å². The second-order valence-corrected chi connectivity index (χ2v) is 5.36. The van der Waals surface area contributed by atoms with Crippen LogP contribution < -0.4 is 5.32 Å². The van der Waals surface area contributed by atoms with Crippen LogP contribution in [0.15, 0.2) is 18.2 Å². The Labute approximate surface area is 110 Å². The topological polar surface area (TPSA) is 38.3 Å². The Morgan fingerprint density at radius 1 is 1.33 bits per heavy atom. The van der Waals surface area contributed by atoms with Gasteiger partial charge in [0.2, 0.25) is 0 Å². The highest BCUT2D eigenvalue weighted by atomic mass is 16.5. The number of hydrogen-bond acceptors (Lipinski definition) is 2. The Kier molecular flexibility index (Phi) is 4.52. The molecular formula is C15H23NO2. The van der Waals surface area contributed by atoms with E-state index in [-0.39, 0.29) is 5.91 Å². The SMILES string of the molecule is COC(C)(C)C(=O)Nc1c(C)cccc1C(C)C. The number of benzene rings is 1. The molecule has 0 aliphatic heterocycles. The highest BCUT2D eigenvalue weighted by Crippen LogP contribution is 2.28. The van der Waals surface area contributed by atoms with Gasteiger partial charge in [0.1, 0.15) is 5.60 Å². The van der Waals surface area contributed by atoms with Crippen LogP contribution in [0.4, 0.5) is 5.69 Å². The predicted molar refractivity (Wildman–Crippen MR) is 75.0 cm³/mol. The average Bonchev–Trinajstić information content (AvgIpc) is 2.31. The number of aryl methyl sites for hydroxylation is 1. The standard InChI is InChI=1S/C15H23NO2/c1-10(2)12-9-7-8-11(3)13(12)16-14(17)15(4,5)18-6/h7-10H,1-6H3,(H,16,17). The Bertz CT molecular complexity index is 436. The largest absolute Gasteiger partial charge is 0.369 e. The molecule has 18 heavy (non-hydrogen) atoms. The Hall–Kier alpha value is -1.35. The summed E-state index contributed by atoms with van der Waals surface area (Å²) >= 11 is 0. The van der Waals surface area contributed by atoms with Crippen LogP contribution in [0.25, 0.3) is 0 Å². The van der Waals surface area contributed by atoms with E-state index in [2.05, 4.69) is 19.2 Å². The third kappa shape index (κ3) is 3.10. The first kappa shape index (κ1) is 14.7. The fourth-order valence-corrected chi connectivity index (χ4v) is 1.70. The van der Waals surface area contributed by atoms with Gasteiger partial charge in [0.15, 0.2) is 0 Å². The first-order valence-corrected chi connectivity index (χ1v) is 6.25. The van der Waals surface area contributed by atoms with Gasteiger partial charge in [-0.15, -0.1) is 0 Å². The van der Waals surface area contributed by atoms with Crippen LogP contribution in [0.1, 0.15) is 44.7 Å². The molecule has 0 aromatic heterocycles. The van der Waals surface area contributed by atoms with Crippen molar-refractivity contribution in [2.75, 3.05) is 12.4 Å². The molecule has 0 radical (unpaired) electrons. The molecule has 1 aromatic carbocycles. The average molecular weight is 249 g/mol. The Morgan fingerprint density at radius 3 is 2.44 bits per heavy atom.